The number of carbonyl (C=O) groups excluding carboxylic acids is 1. The highest BCUT2D eigenvalue weighted by Crippen LogP contribution is 2.25. The molecule has 3 aromatic rings. The van der Waals surface area contributed by atoms with E-state index in [0.29, 0.717) is 0 Å². The van der Waals surface area contributed by atoms with Gasteiger partial charge < -0.3 is 10.1 Å². The van der Waals surface area contributed by atoms with Gasteiger partial charge in [-0.1, -0.05) is 18.2 Å². The molecule has 1 N–H and O–H groups in total. The van der Waals surface area contributed by atoms with Crippen molar-refractivity contribution in [3.05, 3.63) is 65.4 Å². The first-order chi connectivity index (χ1) is 12.0. The summed E-state index contributed by atoms with van der Waals surface area (Å²) in [6, 6.07) is 13.5. The van der Waals surface area contributed by atoms with Gasteiger partial charge in [-0.05, 0) is 68.7 Å². The predicted molar refractivity (Wildman–Crippen MR) is 101 cm³/mol. The number of aromatic nitrogens is 1. The number of amides is 1. The van der Waals surface area contributed by atoms with Crippen molar-refractivity contribution in [1.29, 1.82) is 0 Å². The van der Waals surface area contributed by atoms with Gasteiger partial charge in [-0.25, -0.2) is 0 Å². The number of rotatable bonds is 4. The molecule has 1 atom stereocenters. The smallest absolute Gasteiger partial charge is 0.265 e. The Hall–Kier alpha value is -2.88. The largest absolute Gasteiger partial charge is 0.481 e. The van der Waals surface area contributed by atoms with Crippen LogP contribution in [0.3, 0.4) is 0 Å². The van der Waals surface area contributed by atoms with Crippen LogP contribution in [-0.4, -0.2) is 17.0 Å². The third kappa shape index (κ3) is 3.48. The van der Waals surface area contributed by atoms with E-state index in [2.05, 4.69) is 10.3 Å². The van der Waals surface area contributed by atoms with Crippen molar-refractivity contribution in [3.8, 4) is 5.75 Å². The summed E-state index contributed by atoms with van der Waals surface area (Å²) in [4.78, 5) is 17.0. The molecule has 0 radical (unpaired) electrons. The highest BCUT2D eigenvalue weighted by molar-refractivity contribution is 6.03. The molecule has 0 spiro atoms. The molecule has 0 fully saturated rings. The van der Waals surface area contributed by atoms with E-state index in [4.69, 9.17) is 4.74 Å². The molecule has 4 heteroatoms. The Morgan fingerprint density at radius 3 is 2.64 bits per heavy atom. The van der Waals surface area contributed by atoms with Crippen molar-refractivity contribution in [1.82, 2.24) is 4.98 Å². The molecule has 0 saturated carbocycles. The van der Waals surface area contributed by atoms with Crippen LogP contribution >= 0.6 is 0 Å². The van der Waals surface area contributed by atoms with Crippen LogP contribution in [0.4, 0.5) is 5.69 Å². The maximum atomic E-state index is 12.6. The van der Waals surface area contributed by atoms with Gasteiger partial charge in [-0.2, -0.15) is 0 Å². The molecular weight excluding hydrogens is 312 g/mol. The molecule has 0 aliphatic rings. The van der Waals surface area contributed by atoms with E-state index < -0.39 is 6.10 Å². The number of fused-ring (bicyclic) bond motifs is 1. The molecule has 1 aromatic heterocycles. The summed E-state index contributed by atoms with van der Waals surface area (Å²) >= 11 is 0. The van der Waals surface area contributed by atoms with E-state index in [1.165, 1.54) is 0 Å². The van der Waals surface area contributed by atoms with E-state index >= 15 is 0 Å². The number of nitrogens with one attached hydrogen (secondary N) is 1. The first-order valence-electron chi connectivity index (χ1n) is 8.35. The Kier molecular flexibility index (Phi) is 4.70. The standard InChI is InChI=1S/C21H22N2O2/c1-13-7-5-9-19(15(13)3)25-16(4)21(24)23-18-11-10-14(2)20-17(18)8-6-12-22-20/h5-12,16H,1-4H3,(H,23,24)/t16-/m1/s1. The molecule has 3 rings (SSSR count). The average molecular weight is 334 g/mol. The van der Waals surface area contributed by atoms with Gasteiger partial charge >= 0.3 is 0 Å². The predicted octanol–water partition coefficient (Wildman–Crippen LogP) is 4.57. The quantitative estimate of drug-likeness (QED) is 0.760. The van der Waals surface area contributed by atoms with Crippen LogP contribution in [0.25, 0.3) is 10.9 Å². The third-order valence-electron chi connectivity index (χ3n) is 4.46. The van der Waals surface area contributed by atoms with Gasteiger partial charge in [-0.15, -0.1) is 0 Å². The Bertz CT molecular complexity index is 934. The maximum Gasteiger partial charge on any atom is 0.265 e. The molecule has 1 heterocycles. The van der Waals surface area contributed by atoms with E-state index in [-0.39, 0.29) is 5.91 Å². The van der Waals surface area contributed by atoms with Crippen LogP contribution in [0.15, 0.2) is 48.7 Å². The SMILES string of the molecule is Cc1cccc(O[C@H](C)C(=O)Nc2ccc(C)c3ncccc23)c1C. The topological polar surface area (TPSA) is 51.2 Å². The van der Waals surface area contributed by atoms with Gasteiger partial charge in [0.15, 0.2) is 6.10 Å². The number of carbonyl (C=O) groups is 1. The Labute approximate surface area is 147 Å². The number of nitrogens with zero attached hydrogens (tertiary/aromatic N) is 1. The minimum atomic E-state index is -0.603. The van der Waals surface area contributed by atoms with Crippen molar-refractivity contribution in [2.45, 2.75) is 33.8 Å². The Morgan fingerprint density at radius 1 is 1.04 bits per heavy atom. The van der Waals surface area contributed by atoms with Gasteiger partial charge in [0.2, 0.25) is 0 Å². The van der Waals surface area contributed by atoms with Gasteiger partial charge in [0.05, 0.1) is 11.2 Å². The minimum Gasteiger partial charge on any atom is -0.481 e. The second-order valence-electron chi connectivity index (χ2n) is 6.28. The highest BCUT2D eigenvalue weighted by atomic mass is 16.5. The normalized spacial score (nSPS) is 12.0. The van der Waals surface area contributed by atoms with Gasteiger partial charge in [0.25, 0.3) is 5.91 Å². The molecule has 1 amide bonds. The summed E-state index contributed by atoms with van der Waals surface area (Å²) in [5, 5.41) is 3.89. The van der Waals surface area contributed by atoms with E-state index in [1.54, 1.807) is 13.1 Å². The zero-order valence-corrected chi connectivity index (χ0v) is 15.0. The molecule has 0 saturated heterocycles. The van der Waals surface area contributed by atoms with Crippen LogP contribution in [0.2, 0.25) is 0 Å². The third-order valence-corrected chi connectivity index (χ3v) is 4.46. The lowest BCUT2D eigenvalue weighted by atomic mass is 10.1. The summed E-state index contributed by atoms with van der Waals surface area (Å²) in [5.74, 6) is 0.549. The monoisotopic (exact) mass is 334 g/mol. The van der Waals surface area contributed by atoms with Crippen LogP contribution in [0, 0.1) is 20.8 Å². The second-order valence-corrected chi connectivity index (χ2v) is 6.28. The molecule has 2 aromatic carbocycles. The number of ether oxygens (including phenoxy) is 1. The Morgan fingerprint density at radius 2 is 1.84 bits per heavy atom. The van der Waals surface area contributed by atoms with Crippen molar-refractivity contribution < 1.29 is 9.53 Å². The summed E-state index contributed by atoms with van der Waals surface area (Å²) < 4.78 is 5.87. The fraction of sp³-hybridized carbons (Fsp3) is 0.238. The van der Waals surface area contributed by atoms with Gasteiger partial charge in [0, 0.05) is 11.6 Å². The van der Waals surface area contributed by atoms with Crippen LogP contribution < -0.4 is 10.1 Å². The molecule has 0 bridgehead atoms. The summed E-state index contributed by atoms with van der Waals surface area (Å²) in [5.41, 5.74) is 4.90. The molecule has 0 aliphatic carbocycles. The fourth-order valence-electron chi connectivity index (χ4n) is 2.75. The minimum absolute atomic E-state index is 0.185. The maximum absolute atomic E-state index is 12.6. The number of pyridine rings is 1. The van der Waals surface area contributed by atoms with Crippen molar-refractivity contribution in [3.63, 3.8) is 0 Å². The average Bonchev–Trinajstić information content (AvgIpc) is 2.61. The van der Waals surface area contributed by atoms with Gasteiger partial charge in [-0.3, -0.25) is 9.78 Å². The van der Waals surface area contributed by atoms with Crippen LogP contribution in [0.5, 0.6) is 5.75 Å². The lowest BCUT2D eigenvalue weighted by molar-refractivity contribution is -0.122. The first kappa shape index (κ1) is 17.0. The molecular formula is C21H22N2O2. The second kappa shape index (κ2) is 6.93. The molecule has 25 heavy (non-hydrogen) atoms. The van der Waals surface area contributed by atoms with E-state index in [9.17, 15) is 4.79 Å². The highest BCUT2D eigenvalue weighted by Gasteiger charge is 2.17. The summed E-state index contributed by atoms with van der Waals surface area (Å²) in [7, 11) is 0. The first-order valence-corrected chi connectivity index (χ1v) is 8.35. The van der Waals surface area contributed by atoms with Crippen molar-refractivity contribution in [2.24, 2.45) is 0 Å². The Balaban J connectivity index is 1.80. The lowest BCUT2D eigenvalue weighted by Crippen LogP contribution is -2.30. The van der Waals surface area contributed by atoms with Crippen molar-refractivity contribution in [2.75, 3.05) is 5.32 Å². The molecule has 0 unspecified atom stereocenters. The van der Waals surface area contributed by atoms with Gasteiger partial charge in [0.1, 0.15) is 5.75 Å². The lowest BCUT2D eigenvalue weighted by Gasteiger charge is -2.18. The van der Waals surface area contributed by atoms with E-state index in [1.807, 2.05) is 63.2 Å². The number of hydrogen-bond donors (Lipinski definition) is 1. The summed E-state index contributed by atoms with van der Waals surface area (Å²) in [6.45, 7) is 7.78. The van der Waals surface area contributed by atoms with Crippen molar-refractivity contribution >= 4 is 22.5 Å². The van der Waals surface area contributed by atoms with Crippen LogP contribution in [-0.2, 0) is 4.79 Å². The number of aryl methyl sites for hydroxylation is 2. The number of benzene rings is 2. The van der Waals surface area contributed by atoms with Crippen LogP contribution in [0.1, 0.15) is 23.6 Å². The number of hydrogen-bond acceptors (Lipinski definition) is 3. The molecule has 4 nitrogen and oxygen atoms in total. The zero-order chi connectivity index (χ0) is 18.0. The number of anilines is 1. The van der Waals surface area contributed by atoms with E-state index in [0.717, 1.165) is 39.0 Å². The fourth-order valence-corrected chi connectivity index (χ4v) is 2.75. The molecule has 0 aliphatic heterocycles. The molecule has 128 valence electrons. The zero-order valence-electron chi connectivity index (χ0n) is 15.0. The summed E-state index contributed by atoms with van der Waals surface area (Å²) in [6.07, 6.45) is 1.15.